The monoisotopic (exact) mass is 547 g/mol. The molecule has 3 aromatic carbocycles. The zero-order chi connectivity index (χ0) is 27.3. The average molecular weight is 548 g/mol. The van der Waals surface area contributed by atoms with Gasteiger partial charge in [0.15, 0.2) is 11.5 Å². The second-order valence-corrected chi connectivity index (χ2v) is 9.54. The molecule has 38 heavy (non-hydrogen) atoms. The summed E-state index contributed by atoms with van der Waals surface area (Å²) < 4.78 is 52.9. The molecular formula is C29H29ClF3NO4. The Morgan fingerprint density at radius 3 is 2.50 bits per heavy atom. The van der Waals surface area contributed by atoms with Crippen LogP contribution in [0.5, 0.6) is 11.5 Å². The number of ether oxygens (including phenoxy) is 2. The lowest BCUT2D eigenvalue weighted by atomic mass is 9.90. The van der Waals surface area contributed by atoms with Crippen LogP contribution < -0.4 is 9.47 Å². The van der Waals surface area contributed by atoms with Crippen molar-refractivity contribution in [3.8, 4) is 11.5 Å². The molecule has 202 valence electrons. The number of hydrogen-bond acceptors (Lipinski definition) is 4. The van der Waals surface area contributed by atoms with Crippen LogP contribution in [0.4, 0.5) is 13.2 Å². The van der Waals surface area contributed by atoms with Gasteiger partial charge in [-0.05, 0) is 73.3 Å². The van der Waals surface area contributed by atoms with Crippen LogP contribution in [-0.4, -0.2) is 35.2 Å². The van der Waals surface area contributed by atoms with Crippen molar-refractivity contribution in [1.29, 1.82) is 0 Å². The highest BCUT2D eigenvalue weighted by Gasteiger charge is 2.38. The third-order valence-corrected chi connectivity index (χ3v) is 6.94. The minimum atomic E-state index is -4.58. The number of hydrogen-bond donors (Lipinski definition) is 1. The molecule has 1 aliphatic rings. The molecule has 5 nitrogen and oxygen atoms in total. The lowest BCUT2D eigenvalue weighted by Gasteiger charge is -2.40. The molecule has 0 saturated carbocycles. The van der Waals surface area contributed by atoms with Gasteiger partial charge in [-0.2, -0.15) is 13.2 Å². The van der Waals surface area contributed by atoms with Gasteiger partial charge in [-0.25, -0.2) is 0 Å². The van der Waals surface area contributed by atoms with E-state index in [1.165, 1.54) is 6.07 Å². The molecule has 1 saturated heterocycles. The van der Waals surface area contributed by atoms with Gasteiger partial charge in [0, 0.05) is 5.02 Å². The van der Waals surface area contributed by atoms with Crippen molar-refractivity contribution in [3.63, 3.8) is 0 Å². The van der Waals surface area contributed by atoms with E-state index in [1.54, 1.807) is 23.1 Å². The van der Waals surface area contributed by atoms with Gasteiger partial charge in [0.05, 0.1) is 18.2 Å². The molecule has 3 aromatic rings. The molecular weight excluding hydrogens is 519 g/mol. The van der Waals surface area contributed by atoms with Crippen LogP contribution >= 0.6 is 11.6 Å². The standard InChI is InChI=1S/C29H29ClF3NO4/c1-2-37-26-16-20(11-14-25(26)38-18-19-8-4-3-5-9-19)27(34-15-7-6-10-24(34)28(35)36)22-17-21(29(31,32)33)12-13-23(22)30/h3-5,8-9,11-14,16-17,24,27H,2,6-7,10,15,18H2,1H3,(H,35,36). The first-order valence-corrected chi connectivity index (χ1v) is 12.9. The van der Waals surface area contributed by atoms with E-state index in [0.29, 0.717) is 56.1 Å². The van der Waals surface area contributed by atoms with Gasteiger partial charge in [0.25, 0.3) is 0 Å². The highest BCUT2D eigenvalue weighted by molar-refractivity contribution is 6.31. The fourth-order valence-corrected chi connectivity index (χ4v) is 5.05. The quantitative estimate of drug-likeness (QED) is 0.303. The Bertz CT molecular complexity index is 1250. The zero-order valence-corrected chi connectivity index (χ0v) is 21.6. The predicted molar refractivity (Wildman–Crippen MR) is 139 cm³/mol. The van der Waals surface area contributed by atoms with Gasteiger partial charge in [0.1, 0.15) is 12.6 Å². The molecule has 9 heteroatoms. The van der Waals surface area contributed by atoms with Gasteiger partial charge < -0.3 is 14.6 Å². The smallest absolute Gasteiger partial charge is 0.416 e. The van der Waals surface area contributed by atoms with Crippen LogP contribution in [0.25, 0.3) is 0 Å². The minimum absolute atomic E-state index is 0.125. The number of alkyl halides is 3. The molecule has 1 heterocycles. The fraction of sp³-hybridized carbons (Fsp3) is 0.345. The number of likely N-dealkylation sites (tertiary alicyclic amines) is 1. The van der Waals surface area contributed by atoms with E-state index < -0.39 is 29.8 Å². The van der Waals surface area contributed by atoms with E-state index in [4.69, 9.17) is 21.1 Å². The Balaban J connectivity index is 1.80. The van der Waals surface area contributed by atoms with Crippen LogP contribution in [-0.2, 0) is 17.6 Å². The van der Waals surface area contributed by atoms with Gasteiger partial charge >= 0.3 is 12.1 Å². The summed E-state index contributed by atoms with van der Waals surface area (Å²) in [6.07, 6.45) is -2.76. The van der Waals surface area contributed by atoms with Crippen molar-refractivity contribution in [2.24, 2.45) is 0 Å². The van der Waals surface area contributed by atoms with Gasteiger partial charge in [-0.3, -0.25) is 9.69 Å². The molecule has 0 amide bonds. The number of carbonyl (C=O) groups is 1. The van der Waals surface area contributed by atoms with E-state index in [-0.39, 0.29) is 10.6 Å². The average Bonchev–Trinajstić information content (AvgIpc) is 2.90. The number of benzene rings is 3. The maximum Gasteiger partial charge on any atom is 0.416 e. The molecule has 2 unspecified atom stereocenters. The third-order valence-electron chi connectivity index (χ3n) is 6.60. The first-order valence-electron chi connectivity index (χ1n) is 12.5. The topological polar surface area (TPSA) is 59.0 Å². The lowest BCUT2D eigenvalue weighted by Crippen LogP contribution is -2.47. The maximum atomic E-state index is 13.7. The van der Waals surface area contributed by atoms with Crippen molar-refractivity contribution < 1.29 is 32.5 Å². The Hall–Kier alpha value is -3.23. The SMILES string of the molecule is CCOc1cc(C(c2cc(C(F)(F)F)ccc2Cl)N2CCCCC2C(=O)O)ccc1OCc1ccccc1. The van der Waals surface area contributed by atoms with Crippen LogP contribution in [0.3, 0.4) is 0 Å². The van der Waals surface area contributed by atoms with E-state index in [2.05, 4.69) is 0 Å². The Morgan fingerprint density at radius 1 is 1.05 bits per heavy atom. The summed E-state index contributed by atoms with van der Waals surface area (Å²) in [7, 11) is 0. The van der Waals surface area contributed by atoms with Crippen molar-refractivity contribution in [3.05, 3.63) is 94.0 Å². The second-order valence-electron chi connectivity index (χ2n) is 9.14. The Morgan fingerprint density at radius 2 is 1.82 bits per heavy atom. The Kier molecular flexibility index (Phi) is 8.84. The van der Waals surface area contributed by atoms with E-state index in [1.807, 2.05) is 37.3 Å². The number of carboxylic acid groups (broad SMARTS) is 1. The van der Waals surface area contributed by atoms with Crippen molar-refractivity contribution in [2.45, 2.75) is 51.1 Å². The third kappa shape index (κ3) is 6.42. The van der Waals surface area contributed by atoms with Gasteiger partial charge in [-0.15, -0.1) is 0 Å². The summed E-state index contributed by atoms with van der Waals surface area (Å²) in [5.74, 6) is -0.134. The molecule has 4 rings (SSSR count). The summed E-state index contributed by atoms with van der Waals surface area (Å²) in [6, 6.07) is 16.2. The molecule has 0 aromatic heterocycles. The summed E-state index contributed by atoms with van der Waals surface area (Å²) in [5, 5.41) is 10.1. The van der Waals surface area contributed by atoms with E-state index >= 15 is 0 Å². The minimum Gasteiger partial charge on any atom is -0.490 e. The second kappa shape index (κ2) is 12.1. The largest absolute Gasteiger partial charge is 0.490 e. The number of rotatable bonds is 9. The molecule has 1 fully saturated rings. The van der Waals surface area contributed by atoms with Crippen molar-refractivity contribution in [1.82, 2.24) is 4.90 Å². The fourth-order valence-electron chi connectivity index (χ4n) is 4.83. The normalized spacial score (nSPS) is 17.1. The van der Waals surface area contributed by atoms with Gasteiger partial charge in [0.2, 0.25) is 0 Å². The maximum absolute atomic E-state index is 13.7. The van der Waals surface area contributed by atoms with Crippen molar-refractivity contribution in [2.75, 3.05) is 13.2 Å². The molecule has 0 radical (unpaired) electrons. The molecule has 1 N–H and O–H groups in total. The summed E-state index contributed by atoms with van der Waals surface area (Å²) in [4.78, 5) is 13.9. The summed E-state index contributed by atoms with van der Waals surface area (Å²) in [6.45, 7) is 2.85. The van der Waals surface area contributed by atoms with E-state index in [9.17, 15) is 23.1 Å². The van der Waals surface area contributed by atoms with Crippen LogP contribution in [0, 0.1) is 0 Å². The van der Waals surface area contributed by atoms with Crippen LogP contribution in [0.2, 0.25) is 5.02 Å². The predicted octanol–water partition coefficient (Wildman–Crippen LogP) is 7.37. The number of nitrogens with zero attached hydrogens (tertiary/aromatic N) is 1. The molecule has 2 atom stereocenters. The number of halogens is 4. The molecule has 0 bridgehead atoms. The number of carboxylic acids is 1. The molecule has 0 spiro atoms. The van der Waals surface area contributed by atoms with Crippen LogP contribution in [0.15, 0.2) is 66.7 Å². The number of aliphatic carboxylic acids is 1. The molecule has 0 aliphatic carbocycles. The summed E-state index contributed by atoms with van der Waals surface area (Å²) >= 11 is 6.49. The first kappa shape index (κ1) is 27.8. The summed E-state index contributed by atoms with van der Waals surface area (Å²) in [5.41, 5.74) is 0.869. The zero-order valence-electron chi connectivity index (χ0n) is 20.9. The first-order chi connectivity index (χ1) is 18.2. The Labute approximate surface area is 224 Å². The number of piperidine rings is 1. The van der Waals surface area contributed by atoms with Gasteiger partial charge in [-0.1, -0.05) is 54.4 Å². The highest BCUT2D eigenvalue weighted by atomic mass is 35.5. The molecule has 1 aliphatic heterocycles. The van der Waals surface area contributed by atoms with Crippen molar-refractivity contribution >= 4 is 17.6 Å². The lowest BCUT2D eigenvalue weighted by molar-refractivity contribution is -0.145. The van der Waals surface area contributed by atoms with Crippen LogP contribution in [0.1, 0.15) is 54.5 Å². The highest BCUT2D eigenvalue weighted by Crippen LogP contribution is 2.42. The van der Waals surface area contributed by atoms with E-state index in [0.717, 1.165) is 17.7 Å².